The summed E-state index contributed by atoms with van der Waals surface area (Å²) in [6, 6.07) is 26.4. The molecule has 0 aliphatic carbocycles. The molecule has 0 saturated carbocycles. The van der Waals surface area contributed by atoms with E-state index >= 15 is 0 Å². The number of hydrogen-bond acceptors (Lipinski definition) is 1. The smallest absolute Gasteiger partial charge is 0.0235 e. The maximum atomic E-state index is 5.87. The number of rotatable bonds is 5. The molecule has 4 rings (SSSR count). The van der Waals surface area contributed by atoms with E-state index in [1.165, 1.54) is 27.5 Å². The maximum Gasteiger partial charge on any atom is 0.0235 e. The molecule has 1 aliphatic rings. The summed E-state index contributed by atoms with van der Waals surface area (Å²) in [5.74, 6) is 0.756. The van der Waals surface area contributed by atoms with Crippen LogP contribution in [0.4, 0.5) is 0 Å². The van der Waals surface area contributed by atoms with Gasteiger partial charge in [-0.3, -0.25) is 0 Å². The second kappa shape index (κ2) is 8.73. The molecular weight excluding hydrogens is 350 g/mol. The first kappa shape index (κ1) is 18.3. The van der Waals surface area contributed by atoms with Gasteiger partial charge in [0, 0.05) is 19.0 Å². The highest BCUT2D eigenvalue weighted by molar-refractivity contribution is 6.17. The molecule has 0 atom stereocenters. The summed E-state index contributed by atoms with van der Waals surface area (Å²) in [6.45, 7) is 3.39. The van der Waals surface area contributed by atoms with Crippen LogP contribution in [0.2, 0.25) is 0 Å². The molecule has 0 bridgehead atoms. The molecule has 3 aromatic rings. The van der Waals surface area contributed by atoms with Gasteiger partial charge in [-0.1, -0.05) is 72.3 Å². The summed E-state index contributed by atoms with van der Waals surface area (Å²) in [4.78, 5) is 2.55. The van der Waals surface area contributed by atoms with Crippen LogP contribution >= 0.6 is 11.6 Å². The van der Waals surface area contributed by atoms with E-state index in [-0.39, 0.29) is 0 Å². The first-order chi connectivity index (χ1) is 13.3. The topological polar surface area (TPSA) is 3.24 Å². The Balaban J connectivity index is 1.71. The van der Waals surface area contributed by atoms with Crippen LogP contribution in [0, 0.1) is 0 Å². The van der Waals surface area contributed by atoms with Crippen LogP contribution < -0.4 is 0 Å². The van der Waals surface area contributed by atoms with E-state index in [2.05, 4.69) is 77.7 Å². The highest BCUT2D eigenvalue weighted by Crippen LogP contribution is 2.33. The van der Waals surface area contributed by atoms with Gasteiger partial charge in [0.2, 0.25) is 0 Å². The average Bonchev–Trinajstić information content (AvgIpc) is 2.74. The van der Waals surface area contributed by atoms with E-state index < -0.39 is 0 Å². The predicted molar refractivity (Wildman–Crippen MR) is 117 cm³/mol. The number of benzene rings is 3. The van der Waals surface area contributed by atoms with Crippen LogP contribution in [0.1, 0.15) is 30.4 Å². The third-order valence-corrected chi connectivity index (χ3v) is 5.79. The molecule has 3 aromatic carbocycles. The van der Waals surface area contributed by atoms with Gasteiger partial charge in [0.15, 0.2) is 0 Å². The Morgan fingerprint density at radius 1 is 0.778 bits per heavy atom. The number of alkyl halides is 1. The van der Waals surface area contributed by atoms with Crippen LogP contribution in [0.15, 0.2) is 78.4 Å². The van der Waals surface area contributed by atoms with Crippen molar-refractivity contribution >= 4 is 27.9 Å². The number of hydrogen-bond donors (Lipinski definition) is 0. The number of halogens is 1. The zero-order valence-electron chi connectivity index (χ0n) is 15.7. The Morgan fingerprint density at radius 3 is 2.22 bits per heavy atom. The third kappa shape index (κ3) is 4.26. The summed E-state index contributed by atoms with van der Waals surface area (Å²) < 4.78 is 0. The lowest BCUT2D eigenvalue weighted by molar-refractivity contribution is 0.258. The summed E-state index contributed by atoms with van der Waals surface area (Å²) in [7, 11) is 0. The second-order valence-corrected chi connectivity index (χ2v) is 7.67. The molecule has 1 saturated heterocycles. The molecule has 0 N–H and O–H groups in total. The Kier molecular flexibility index (Phi) is 5.91. The van der Waals surface area contributed by atoms with E-state index in [1.807, 2.05) is 0 Å². The summed E-state index contributed by atoms with van der Waals surface area (Å²) in [5, 5.41) is 2.61. The van der Waals surface area contributed by atoms with Gasteiger partial charge in [-0.2, -0.15) is 0 Å². The van der Waals surface area contributed by atoms with Gasteiger partial charge in [-0.15, -0.1) is 11.6 Å². The Labute approximate surface area is 167 Å². The second-order valence-electron chi connectivity index (χ2n) is 7.29. The Bertz CT molecular complexity index is 919. The van der Waals surface area contributed by atoms with Crippen molar-refractivity contribution in [2.24, 2.45) is 0 Å². The zero-order valence-corrected chi connectivity index (χ0v) is 16.5. The molecule has 0 amide bonds. The fraction of sp³-hybridized carbons (Fsp3) is 0.280. The van der Waals surface area contributed by atoms with E-state index in [9.17, 15) is 0 Å². The Hall–Kier alpha value is -2.09. The van der Waals surface area contributed by atoms with Gasteiger partial charge < -0.3 is 4.90 Å². The lowest BCUT2D eigenvalue weighted by Gasteiger charge is -2.30. The van der Waals surface area contributed by atoms with Crippen molar-refractivity contribution in [1.29, 1.82) is 0 Å². The van der Waals surface area contributed by atoms with Crippen molar-refractivity contribution in [2.45, 2.75) is 19.3 Å². The summed E-state index contributed by atoms with van der Waals surface area (Å²) in [6.07, 6.45) is 3.36. The van der Waals surface area contributed by atoms with E-state index in [0.29, 0.717) is 0 Å². The van der Waals surface area contributed by atoms with E-state index in [0.717, 1.165) is 44.8 Å². The molecule has 27 heavy (non-hydrogen) atoms. The zero-order chi connectivity index (χ0) is 18.5. The number of fused-ring (bicyclic) bond motifs is 1. The van der Waals surface area contributed by atoms with Crippen LogP contribution in [0.3, 0.4) is 0 Å². The minimum absolute atomic E-state index is 0.756. The predicted octanol–water partition coefficient (Wildman–Crippen LogP) is 6.37. The number of nitrogens with zero attached hydrogens (tertiary/aromatic N) is 1. The van der Waals surface area contributed by atoms with Gasteiger partial charge in [0.05, 0.1) is 0 Å². The molecular formula is C25H26ClN. The van der Waals surface area contributed by atoms with Crippen molar-refractivity contribution < 1.29 is 0 Å². The van der Waals surface area contributed by atoms with Gasteiger partial charge in [0.1, 0.15) is 0 Å². The molecule has 1 nitrogen and oxygen atoms in total. The highest BCUT2D eigenvalue weighted by Gasteiger charge is 2.18. The quantitative estimate of drug-likeness (QED) is 0.468. The SMILES string of the molecule is ClCCCN1CCC(=C(c2ccccc2)c2ccc3ccccc3c2)CC1. The average molecular weight is 376 g/mol. The molecule has 1 fully saturated rings. The molecule has 0 unspecified atom stereocenters. The largest absolute Gasteiger partial charge is 0.303 e. The maximum absolute atomic E-state index is 5.87. The molecule has 0 radical (unpaired) electrons. The molecule has 0 spiro atoms. The van der Waals surface area contributed by atoms with Crippen LogP contribution in [0.5, 0.6) is 0 Å². The fourth-order valence-corrected chi connectivity index (χ4v) is 4.22. The van der Waals surface area contributed by atoms with Gasteiger partial charge in [0.25, 0.3) is 0 Å². The normalized spacial score (nSPS) is 15.2. The van der Waals surface area contributed by atoms with Gasteiger partial charge in [-0.05, 0) is 59.3 Å². The lowest BCUT2D eigenvalue weighted by Crippen LogP contribution is -2.32. The fourth-order valence-electron chi connectivity index (χ4n) is 4.10. The molecule has 2 heteroatoms. The molecule has 0 aromatic heterocycles. The van der Waals surface area contributed by atoms with Crippen LogP contribution in [-0.2, 0) is 0 Å². The standard InChI is InChI=1S/C25H26ClN/c26-15-6-16-27-17-13-22(14-18-27)25(21-8-2-1-3-9-21)24-12-11-20-7-4-5-10-23(20)19-24/h1-5,7-12,19H,6,13-18H2. The monoisotopic (exact) mass is 375 g/mol. The third-order valence-electron chi connectivity index (χ3n) is 5.52. The Morgan fingerprint density at radius 2 is 1.48 bits per heavy atom. The molecule has 1 aliphatic heterocycles. The van der Waals surface area contributed by atoms with Crippen molar-refractivity contribution in [3.63, 3.8) is 0 Å². The minimum atomic E-state index is 0.756. The van der Waals surface area contributed by atoms with Crippen LogP contribution in [0.25, 0.3) is 16.3 Å². The first-order valence-corrected chi connectivity index (χ1v) is 10.4. The van der Waals surface area contributed by atoms with Crippen molar-refractivity contribution in [1.82, 2.24) is 4.90 Å². The van der Waals surface area contributed by atoms with E-state index in [4.69, 9.17) is 11.6 Å². The molecule has 1 heterocycles. The van der Waals surface area contributed by atoms with Gasteiger partial charge in [-0.25, -0.2) is 0 Å². The van der Waals surface area contributed by atoms with E-state index in [1.54, 1.807) is 5.57 Å². The van der Waals surface area contributed by atoms with Gasteiger partial charge >= 0.3 is 0 Å². The first-order valence-electron chi connectivity index (χ1n) is 9.90. The highest BCUT2D eigenvalue weighted by atomic mass is 35.5. The van der Waals surface area contributed by atoms with Crippen molar-refractivity contribution in [2.75, 3.05) is 25.5 Å². The number of likely N-dealkylation sites (tertiary alicyclic amines) is 1. The summed E-state index contributed by atoms with van der Waals surface area (Å²) in [5.41, 5.74) is 5.68. The lowest BCUT2D eigenvalue weighted by atomic mass is 9.87. The summed E-state index contributed by atoms with van der Waals surface area (Å²) >= 11 is 5.87. The van der Waals surface area contributed by atoms with Crippen molar-refractivity contribution in [3.8, 4) is 0 Å². The van der Waals surface area contributed by atoms with Crippen molar-refractivity contribution in [3.05, 3.63) is 89.5 Å². The van der Waals surface area contributed by atoms with Crippen LogP contribution in [-0.4, -0.2) is 30.4 Å². The number of piperidine rings is 1. The minimum Gasteiger partial charge on any atom is -0.303 e. The molecule has 138 valence electrons.